The quantitative estimate of drug-likeness (QED) is 0.792. The summed E-state index contributed by atoms with van der Waals surface area (Å²) in [4.78, 5) is 16.4. The molecule has 3 rings (SSSR count). The van der Waals surface area contributed by atoms with Crippen molar-refractivity contribution in [3.63, 3.8) is 0 Å². The van der Waals surface area contributed by atoms with E-state index in [0.29, 0.717) is 11.5 Å². The van der Waals surface area contributed by atoms with Crippen LogP contribution in [0.5, 0.6) is 5.75 Å². The Morgan fingerprint density at radius 2 is 1.62 bits per heavy atom. The van der Waals surface area contributed by atoms with Gasteiger partial charge < -0.3 is 9.47 Å². The molecule has 1 unspecified atom stereocenters. The highest BCUT2D eigenvalue weighted by Gasteiger charge is 2.56. The van der Waals surface area contributed by atoms with Crippen molar-refractivity contribution in [1.29, 1.82) is 0 Å². The lowest BCUT2D eigenvalue weighted by Gasteiger charge is -2.16. The van der Waals surface area contributed by atoms with Crippen LogP contribution in [0, 0.1) is 0 Å². The van der Waals surface area contributed by atoms with Gasteiger partial charge in [-0.2, -0.15) is 0 Å². The van der Waals surface area contributed by atoms with Crippen molar-refractivity contribution in [2.75, 3.05) is 0 Å². The lowest BCUT2D eigenvalue weighted by atomic mass is 10.2. The molecule has 0 aliphatic carbocycles. The van der Waals surface area contributed by atoms with Gasteiger partial charge in [-0.3, -0.25) is 0 Å². The minimum atomic E-state index is -1.27. The topological polar surface area (TPSA) is 47.9 Å². The van der Waals surface area contributed by atoms with Gasteiger partial charge in [0.05, 0.1) is 5.71 Å². The van der Waals surface area contributed by atoms with E-state index in [9.17, 15) is 4.79 Å². The van der Waals surface area contributed by atoms with Crippen LogP contribution in [0.15, 0.2) is 65.7 Å². The molecule has 0 bridgehead atoms. The molecule has 1 aliphatic rings. The van der Waals surface area contributed by atoms with Gasteiger partial charge in [-0.05, 0) is 24.6 Å². The maximum absolute atomic E-state index is 12.3. The van der Waals surface area contributed by atoms with Crippen LogP contribution in [-0.4, -0.2) is 17.4 Å². The van der Waals surface area contributed by atoms with Crippen LogP contribution in [0.25, 0.3) is 0 Å². The second-order valence-electron chi connectivity index (χ2n) is 4.82. The van der Waals surface area contributed by atoms with Gasteiger partial charge in [-0.25, -0.2) is 9.79 Å². The van der Waals surface area contributed by atoms with Gasteiger partial charge in [-0.1, -0.05) is 48.5 Å². The summed E-state index contributed by atoms with van der Waals surface area (Å²) in [6, 6.07) is 18.7. The molecular weight excluding hydrogens is 266 g/mol. The first-order chi connectivity index (χ1) is 10.2. The zero-order valence-electron chi connectivity index (χ0n) is 11.7. The fraction of sp³-hybridized carbons (Fsp3) is 0.176. The van der Waals surface area contributed by atoms with Crippen molar-refractivity contribution in [1.82, 2.24) is 0 Å². The predicted octanol–water partition coefficient (Wildman–Crippen LogP) is 2.98. The summed E-state index contributed by atoms with van der Waals surface area (Å²) in [5.74, 6) is 0.113. The molecule has 21 heavy (non-hydrogen) atoms. The first-order valence-corrected chi connectivity index (χ1v) is 6.73. The van der Waals surface area contributed by atoms with Crippen molar-refractivity contribution in [3.8, 4) is 5.75 Å². The zero-order valence-corrected chi connectivity index (χ0v) is 11.7. The van der Waals surface area contributed by atoms with Crippen molar-refractivity contribution in [3.05, 3.63) is 66.2 Å². The summed E-state index contributed by atoms with van der Waals surface area (Å²) in [5.41, 5.74) is 0.291. The Morgan fingerprint density at radius 1 is 1.05 bits per heavy atom. The van der Waals surface area contributed by atoms with E-state index in [1.54, 1.807) is 19.1 Å². The number of hydrogen-bond acceptors (Lipinski definition) is 4. The highest BCUT2D eigenvalue weighted by Crippen LogP contribution is 2.33. The zero-order chi connectivity index (χ0) is 14.7. The van der Waals surface area contributed by atoms with Gasteiger partial charge in [0.1, 0.15) is 12.4 Å². The molecule has 1 atom stereocenters. The summed E-state index contributed by atoms with van der Waals surface area (Å²) < 4.78 is 11.0. The minimum absolute atomic E-state index is 0.211. The second kappa shape index (κ2) is 5.40. The lowest BCUT2D eigenvalue weighted by molar-refractivity contribution is -0.154. The monoisotopic (exact) mass is 281 g/mol. The van der Waals surface area contributed by atoms with Crippen LogP contribution in [0.4, 0.5) is 0 Å². The number of carbonyl (C=O) groups excluding carboxylic acids is 1. The molecule has 0 aromatic heterocycles. The fourth-order valence-corrected chi connectivity index (χ4v) is 2.02. The molecule has 2 aromatic carbocycles. The van der Waals surface area contributed by atoms with Crippen LogP contribution in [0.3, 0.4) is 0 Å². The number of benzene rings is 2. The molecule has 0 fully saturated rings. The predicted molar refractivity (Wildman–Crippen MR) is 79.1 cm³/mol. The summed E-state index contributed by atoms with van der Waals surface area (Å²) in [5, 5.41) is 0. The first-order valence-electron chi connectivity index (χ1n) is 6.73. The molecular formula is C17H15NO3. The summed E-state index contributed by atoms with van der Waals surface area (Å²) in [7, 11) is 0. The number of rotatable bonds is 5. The van der Waals surface area contributed by atoms with E-state index in [1.807, 2.05) is 48.5 Å². The first kappa shape index (κ1) is 13.4. The van der Waals surface area contributed by atoms with E-state index >= 15 is 0 Å². The van der Waals surface area contributed by atoms with Crippen molar-refractivity contribution in [2.45, 2.75) is 19.3 Å². The van der Waals surface area contributed by atoms with E-state index in [4.69, 9.17) is 9.47 Å². The molecule has 0 spiro atoms. The maximum Gasteiger partial charge on any atom is 0.381 e. The van der Waals surface area contributed by atoms with Crippen LogP contribution >= 0.6 is 0 Å². The largest absolute Gasteiger partial charge is 0.456 e. The van der Waals surface area contributed by atoms with E-state index in [1.165, 1.54) is 0 Å². The number of esters is 1. The molecule has 4 nitrogen and oxygen atoms in total. The highest BCUT2D eigenvalue weighted by atomic mass is 16.6. The fourth-order valence-electron chi connectivity index (χ4n) is 2.02. The van der Waals surface area contributed by atoms with Crippen molar-refractivity contribution in [2.24, 2.45) is 4.99 Å². The van der Waals surface area contributed by atoms with E-state index < -0.39 is 11.7 Å². The Labute approximate surface area is 123 Å². The molecule has 1 aliphatic heterocycles. The standard InChI is InChI=1S/C17H15NO3/c1-13-17(18-13,21-15-10-6-3-7-11-15)16(19)20-12-14-8-4-2-5-9-14/h2-11H,12H2,1H3. The Bertz CT molecular complexity index is 667. The number of carbonyl (C=O) groups is 1. The number of hydrogen-bond donors (Lipinski definition) is 0. The van der Waals surface area contributed by atoms with Gasteiger partial charge in [0.2, 0.25) is 0 Å². The highest BCUT2D eigenvalue weighted by molar-refractivity contribution is 6.19. The summed E-state index contributed by atoms with van der Waals surface area (Å²) >= 11 is 0. The average Bonchev–Trinajstić information content (AvgIpc) is 3.18. The smallest absolute Gasteiger partial charge is 0.381 e. The second-order valence-corrected chi connectivity index (χ2v) is 4.82. The Hall–Kier alpha value is -2.62. The van der Waals surface area contributed by atoms with Gasteiger partial charge >= 0.3 is 11.7 Å². The third-order valence-corrected chi connectivity index (χ3v) is 3.26. The molecule has 106 valence electrons. The molecule has 0 N–H and O–H groups in total. The van der Waals surface area contributed by atoms with Gasteiger partial charge in [0.15, 0.2) is 0 Å². The van der Waals surface area contributed by atoms with Gasteiger partial charge in [-0.15, -0.1) is 0 Å². The normalized spacial score (nSPS) is 19.6. The Balaban J connectivity index is 1.65. The molecule has 4 heteroatoms. The van der Waals surface area contributed by atoms with Crippen molar-refractivity contribution < 1.29 is 14.3 Å². The lowest BCUT2D eigenvalue weighted by Crippen LogP contribution is -2.37. The third kappa shape index (κ3) is 2.79. The number of para-hydroxylation sites is 1. The van der Waals surface area contributed by atoms with Crippen LogP contribution in [0.1, 0.15) is 12.5 Å². The Kier molecular flexibility index (Phi) is 3.44. The van der Waals surface area contributed by atoms with Crippen molar-refractivity contribution >= 4 is 11.7 Å². The van der Waals surface area contributed by atoms with E-state index in [0.717, 1.165) is 5.56 Å². The molecule has 2 aromatic rings. The van der Waals surface area contributed by atoms with Gasteiger partial charge in [0.25, 0.3) is 0 Å². The van der Waals surface area contributed by atoms with Crippen LogP contribution in [-0.2, 0) is 16.1 Å². The molecule has 0 saturated carbocycles. The SMILES string of the molecule is CC1=NC1(Oc1ccccc1)C(=O)OCc1ccccc1. The summed E-state index contributed by atoms with van der Waals surface area (Å²) in [6.07, 6.45) is 0. The van der Waals surface area contributed by atoms with Crippen LogP contribution < -0.4 is 4.74 Å². The number of ether oxygens (including phenoxy) is 2. The average molecular weight is 281 g/mol. The van der Waals surface area contributed by atoms with Crippen LogP contribution in [0.2, 0.25) is 0 Å². The van der Waals surface area contributed by atoms with Gasteiger partial charge in [0, 0.05) is 0 Å². The molecule has 0 amide bonds. The minimum Gasteiger partial charge on any atom is -0.456 e. The summed E-state index contributed by atoms with van der Waals surface area (Å²) in [6.45, 7) is 1.97. The number of aliphatic imine (C=N–C) groups is 1. The Morgan fingerprint density at radius 3 is 2.19 bits per heavy atom. The maximum atomic E-state index is 12.3. The molecule has 1 heterocycles. The van der Waals surface area contributed by atoms with E-state index in [-0.39, 0.29) is 6.61 Å². The number of nitrogens with zero attached hydrogens (tertiary/aromatic N) is 1. The molecule has 0 saturated heterocycles. The molecule has 0 radical (unpaired) electrons. The van der Waals surface area contributed by atoms with E-state index in [2.05, 4.69) is 4.99 Å². The third-order valence-electron chi connectivity index (χ3n) is 3.26.